The number of carboxylic acids is 1. The van der Waals surface area contributed by atoms with E-state index in [0.29, 0.717) is 28.1 Å². The van der Waals surface area contributed by atoms with Gasteiger partial charge in [-0.1, -0.05) is 36.4 Å². The van der Waals surface area contributed by atoms with Gasteiger partial charge in [-0.3, -0.25) is 9.69 Å². The molecule has 0 saturated carbocycles. The van der Waals surface area contributed by atoms with Crippen molar-refractivity contribution in [1.82, 2.24) is 4.90 Å². The minimum Gasteiger partial charge on any atom is -0.493 e. The van der Waals surface area contributed by atoms with Gasteiger partial charge in [0.2, 0.25) is 0 Å². The van der Waals surface area contributed by atoms with E-state index >= 15 is 0 Å². The fraction of sp³-hybridized carbons (Fsp3) is 0.233. The Labute approximate surface area is 230 Å². The molecule has 2 fully saturated rings. The van der Waals surface area contributed by atoms with Gasteiger partial charge in [-0.25, -0.2) is 9.79 Å². The molecule has 0 radical (unpaired) electrons. The number of hydrogen-bond donors (Lipinski definition) is 1. The molecular weight excluding hydrogens is 516 g/mol. The molecule has 8 nitrogen and oxygen atoms in total. The van der Waals surface area contributed by atoms with Crippen LogP contribution in [0.4, 0.5) is 5.69 Å². The third-order valence-corrected chi connectivity index (χ3v) is 7.37. The number of rotatable bonds is 9. The molecular formula is C30H28N2O6S. The number of aliphatic imine (C=N–C) groups is 1. The van der Waals surface area contributed by atoms with Gasteiger partial charge in [-0.15, -0.1) is 0 Å². The fourth-order valence-electron chi connectivity index (χ4n) is 4.31. The number of nitrogens with zero attached hydrogens (tertiary/aromatic N) is 2. The zero-order chi connectivity index (χ0) is 27.2. The Kier molecular flexibility index (Phi) is 8.29. The zero-order valence-corrected chi connectivity index (χ0v) is 22.2. The number of hydrogen-bond acceptors (Lipinski definition) is 7. The van der Waals surface area contributed by atoms with Crippen molar-refractivity contribution in [2.45, 2.75) is 25.6 Å². The van der Waals surface area contributed by atoms with E-state index in [1.165, 1.54) is 11.8 Å². The number of methoxy groups -OCH3 is 1. The highest BCUT2D eigenvalue weighted by Gasteiger charge is 2.36. The second-order valence-corrected chi connectivity index (χ2v) is 10.1. The maximum absolute atomic E-state index is 13.5. The number of carbonyl (C=O) groups excluding carboxylic acids is 1. The molecule has 5 rings (SSSR count). The van der Waals surface area contributed by atoms with Gasteiger partial charge in [0.15, 0.2) is 16.7 Å². The van der Waals surface area contributed by atoms with Crippen molar-refractivity contribution in [2.24, 2.45) is 4.99 Å². The number of aromatic carboxylic acids is 1. The Morgan fingerprint density at radius 2 is 1.92 bits per heavy atom. The largest absolute Gasteiger partial charge is 0.493 e. The van der Waals surface area contributed by atoms with E-state index in [2.05, 4.69) is 0 Å². The first-order valence-corrected chi connectivity index (χ1v) is 13.4. The van der Waals surface area contributed by atoms with Crippen molar-refractivity contribution >= 4 is 40.6 Å². The van der Waals surface area contributed by atoms with Crippen LogP contribution in [0.1, 0.15) is 34.3 Å². The molecule has 39 heavy (non-hydrogen) atoms. The summed E-state index contributed by atoms with van der Waals surface area (Å²) in [6.45, 7) is 1.44. The number of benzene rings is 3. The van der Waals surface area contributed by atoms with Crippen LogP contribution in [0.5, 0.6) is 11.5 Å². The van der Waals surface area contributed by atoms with E-state index < -0.39 is 5.97 Å². The van der Waals surface area contributed by atoms with Crippen LogP contribution in [0, 0.1) is 0 Å². The summed E-state index contributed by atoms with van der Waals surface area (Å²) >= 11 is 1.35. The molecule has 0 bridgehead atoms. The number of para-hydroxylation sites is 1. The van der Waals surface area contributed by atoms with Gasteiger partial charge < -0.3 is 19.3 Å². The van der Waals surface area contributed by atoms with Crippen LogP contribution in [0.2, 0.25) is 0 Å². The molecule has 1 atom stereocenters. The SMILES string of the molecule is COc1cc(/C=C2\SC(=Nc3ccccc3)N(C[C@@H]3CCCO3)C2=O)ccc1OCc1ccc(C(=O)O)cc1. The Morgan fingerprint density at radius 3 is 2.62 bits per heavy atom. The van der Waals surface area contributed by atoms with Gasteiger partial charge in [0, 0.05) is 6.61 Å². The summed E-state index contributed by atoms with van der Waals surface area (Å²) in [6.07, 6.45) is 3.76. The van der Waals surface area contributed by atoms with Crippen molar-refractivity contribution in [3.63, 3.8) is 0 Å². The molecule has 200 valence electrons. The molecule has 0 aromatic heterocycles. The number of ether oxygens (including phenoxy) is 3. The lowest BCUT2D eigenvalue weighted by atomic mass is 10.1. The molecule has 3 aromatic rings. The summed E-state index contributed by atoms with van der Waals surface area (Å²) in [4.78, 5) is 31.5. The molecule has 3 aromatic carbocycles. The smallest absolute Gasteiger partial charge is 0.335 e. The maximum Gasteiger partial charge on any atom is 0.335 e. The number of carboxylic acid groups (broad SMARTS) is 1. The first kappa shape index (κ1) is 26.5. The van der Waals surface area contributed by atoms with E-state index in [9.17, 15) is 9.59 Å². The Hall–Kier alpha value is -4.08. The van der Waals surface area contributed by atoms with Crippen LogP contribution in [0.15, 0.2) is 82.7 Å². The quantitative estimate of drug-likeness (QED) is 0.342. The third kappa shape index (κ3) is 6.50. The summed E-state index contributed by atoms with van der Waals surface area (Å²) in [5, 5.41) is 9.70. The van der Waals surface area contributed by atoms with Crippen LogP contribution >= 0.6 is 11.8 Å². The first-order chi connectivity index (χ1) is 19.0. The average Bonchev–Trinajstić information content (AvgIpc) is 3.57. The Balaban J connectivity index is 1.34. The van der Waals surface area contributed by atoms with Crippen molar-refractivity contribution < 1.29 is 28.9 Å². The van der Waals surface area contributed by atoms with E-state index in [4.69, 9.17) is 24.3 Å². The summed E-state index contributed by atoms with van der Waals surface area (Å²) < 4.78 is 17.3. The van der Waals surface area contributed by atoms with Crippen LogP contribution in [-0.2, 0) is 16.1 Å². The molecule has 2 aliphatic rings. The third-order valence-electron chi connectivity index (χ3n) is 6.36. The number of carbonyl (C=O) groups is 2. The van der Waals surface area contributed by atoms with Gasteiger partial charge in [0.1, 0.15) is 6.61 Å². The monoisotopic (exact) mass is 544 g/mol. The van der Waals surface area contributed by atoms with E-state index in [1.807, 2.05) is 48.5 Å². The molecule has 1 amide bonds. The van der Waals surface area contributed by atoms with Crippen molar-refractivity contribution in [3.8, 4) is 11.5 Å². The van der Waals surface area contributed by atoms with E-state index in [1.54, 1.807) is 42.3 Å². The fourth-order valence-corrected chi connectivity index (χ4v) is 5.31. The minimum atomic E-state index is -0.971. The lowest BCUT2D eigenvalue weighted by Gasteiger charge is -2.19. The van der Waals surface area contributed by atoms with Gasteiger partial charge in [0.05, 0.1) is 35.9 Å². The van der Waals surface area contributed by atoms with Crippen molar-refractivity contribution in [3.05, 3.63) is 94.4 Å². The van der Waals surface area contributed by atoms with Crippen LogP contribution in [-0.4, -0.2) is 53.4 Å². The van der Waals surface area contributed by atoms with Gasteiger partial charge in [-0.05, 0) is 78.2 Å². The highest BCUT2D eigenvalue weighted by atomic mass is 32.2. The highest BCUT2D eigenvalue weighted by molar-refractivity contribution is 8.18. The molecule has 2 aliphatic heterocycles. The van der Waals surface area contributed by atoms with Crippen LogP contribution in [0.3, 0.4) is 0 Å². The van der Waals surface area contributed by atoms with Crippen molar-refractivity contribution in [1.29, 1.82) is 0 Å². The summed E-state index contributed by atoms with van der Waals surface area (Å²) in [7, 11) is 1.56. The maximum atomic E-state index is 13.5. The van der Waals surface area contributed by atoms with E-state index in [-0.39, 0.29) is 24.2 Å². The molecule has 1 N–H and O–H groups in total. The topological polar surface area (TPSA) is 97.7 Å². The molecule has 2 saturated heterocycles. The number of amides is 1. The number of thioether (sulfide) groups is 1. The molecule has 0 spiro atoms. The van der Waals surface area contributed by atoms with Gasteiger partial charge in [-0.2, -0.15) is 0 Å². The minimum absolute atomic E-state index is 0.00623. The molecule has 0 unspecified atom stereocenters. The van der Waals surface area contributed by atoms with Crippen LogP contribution in [0.25, 0.3) is 6.08 Å². The molecule has 2 heterocycles. The lowest BCUT2D eigenvalue weighted by Crippen LogP contribution is -2.36. The second kappa shape index (κ2) is 12.2. The summed E-state index contributed by atoms with van der Waals surface area (Å²) in [6, 6.07) is 21.6. The van der Waals surface area contributed by atoms with Crippen LogP contribution < -0.4 is 9.47 Å². The summed E-state index contributed by atoms with van der Waals surface area (Å²) in [5.41, 5.74) is 2.63. The number of amidine groups is 1. The molecule has 9 heteroatoms. The molecule has 0 aliphatic carbocycles. The van der Waals surface area contributed by atoms with Gasteiger partial charge >= 0.3 is 5.97 Å². The first-order valence-electron chi connectivity index (χ1n) is 12.6. The average molecular weight is 545 g/mol. The Bertz CT molecular complexity index is 1400. The normalized spacial score (nSPS) is 19.2. The Morgan fingerprint density at radius 1 is 1.13 bits per heavy atom. The highest BCUT2D eigenvalue weighted by Crippen LogP contribution is 2.36. The van der Waals surface area contributed by atoms with Crippen molar-refractivity contribution in [2.75, 3.05) is 20.3 Å². The predicted octanol–water partition coefficient (Wildman–Crippen LogP) is 5.76. The van der Waals surface area contributed by atoms with E-state index in [0.717, 1.165) is 36.3 Å². The standard InChI is InChI=1S/C30H28N2O6S/c1-36-26-16-21(11-14-25(26)38-19-20-9-12-22(13-10-20)29(34)35)17-27-28(33)32(18-24-8-5-15-37-24)30(39-27)31-23-6-3-2-4-7-23/h2-4,6-7,9-14,16-17,24H,5,8,15,18-19H2,1H3,(H,34,35)/b27-17-,31-30?/t24-/m0/s1. The lowest BCUT2D eigenvalue weighted by molar-refractivity contribution is -0.123. The van der Waals surface area contributed by atoms with Gasteiger partial charge in [0.25, 0.3) is 5.91 Å². The predicted molar refractivity (Wildman–Crippen MR) is 151 cm³/mol. The second-order valence-electron chi connectivity index (χ2n) is 9.09. The summed E-state index contributed by atoms with van der Waals surface area (Å²) in [5.74, 6) is -0.00877. The zero-order valence-electron chi connectivity index (χ0n) is 21.4.